The van der Waals surface area contributed by atoms with Crippen LogP contribution in [0.15, 0.2) is 120 Å². The van der Waals surface area contributed by atoms with Crippen LogP contribution in [0.1, 0.15) is 49.3 Å². The molecule has 0 bridgehead atoms. The molecule has 0 aromatic heterocycles. The Balaban J connectivity index is 1.32. The highest BCUT2D eigenvalue weighted by atomic mass is 32.2. The first-order chi connectivity index (χ1) is 23.2. The van der Waals surface area contributed by atoms with Crippen LogP contribution in [-0.2, 0) is 26.2 Å². The van der Waals surface area contributed by atoms with Gasteiger partial charge in [-0.25, -0.2) is 17.2 Å². The first-order valence-electron chi connectivity index (χ1n) is 15.7. The lowest BCUT2D eigenvalue weighted by molar-refractivity contribution is -0.143. The average Bonchev–Trinajstić information content (AvgIpc) is 3.10. The molecule has 2 N–H and O–H groups in total. The van der Waals surface area contributed by atoms with E-state index in [1.165, 1.54) is 65.4 Å². The molecule has 4 aromatic carbocycles. The van der Waals surface area contributed by atoms with Gasteiger partial charge >= 0.3 is 0 Å². The third-order valence-corrected chi connectivity index (χ3v) is 9.38. The SMILES string of the molecule is O=C(NCCC1=CCCCC1)C(c1ccccc1)N(Cc1ccc(F)cc1)C(=O)COc1ccc(S(=O)(=O)Nc2ccc(F)cc2)cc1. The fourth-order valence-corrected chi connectivity index (χ4v) is 6.53. The highest BCUT2D eigenvalue weighted by molar-refractivity contribution is 7.92. The average molecular weight is 674 g/mol. The van der Waals surface area contributed by atoms with E-state index < -0.39 is 40.2 Å². The number of rotatable bonds is 14. The molecule has 2 amide bonds. The number of hydrogen-bond donors (Lipinski definition) is 2. The van der Waals surface area contributed by atoms with E-state index in [9.17, 15) is 26.8 Å². The number of anilines is 1. The lowest BCUT2D eigenvalue weighted by Crippen LogP contribution is -2.45. The Morgan fingerprint density at radius 2 is 1.50 bits per heavy atom. The lowest BCUT2D eigenvalue weighted by Gasteiger charge is -2.31. The summed E-state index contributed by atoms with van der Waals surface area (Å²) in [5.41, 5.74) is 2.74. The number of carbonyl (C=O) groups excluding carboxylic acids is 2. The van der Waals surface area contributed by atoms with E-state index in [0.29, 0.717) is 17.7 Å². The monoisotopic (exact) mass is 673 g/mol. The van der Waals surface area contributed by atoms with Gasteiger partial charge in [0.2, 0.25) is 5.91 Å². The standard InChI is InChI=1S/C37H37F2N3O5S/c38-30-13-11-28(12-14-30)25-42(36(29-9-5-2-6-10-29)37(44)40-24-23-27-7-3-1-4-8-27)35(43)26-47-33-19-21-34(22-20-33)48(45,46)41-32-17-15-31(39)16-18-32/h2,5-7,9-22,36,41H,1,3-4,8,23-26H2,(H,40,44). The van der Waals surface area contributed by atoms with Crippen molar-refractivity contribution < 1.29 is 31.5 Å². The Morgan fingerprint density at radius 3 is 2.15 bits per heavy atom. The predicted octanol–water partition coefficient (Wildman–Crippen LogP) is 6.92. The van der Waals surface area contributed by atoms with Crippen molar-refractivity contribution in [3.8, 4) is 5.75 Å². The second-order valence-electron chi connectivity index (χ2n) is 11.5. The van der Waals surface area contributed by atoms with Gasteiger partial charge in [-0.3, -0.25) is 14.3 Å². The molecule has 48 heavy (non-hydrogen) atoms. The summed E-state index contributed by atoms with van der Waals surface area (Å²) in [6, 6.07) is 24.1. The van der Waals surface area contributed by atoms with Crippen LogP contribution in [0.4, 0.5) is 14.5 Å². The summed E-state index contributed by atoms with van der Waals surface area (Å²) in [5, 5.41) is 3.02. The molecule has 0 spiro atoms. The van der Waals surface area contributed by atoms with Crippen LogP contribution in [-0.4, -0.2) is 38.3 Å². The molecular weight excluding hydrogens is 636 g/mol. The number of halogens is 2. The van der Waals surface area contributed by atoms with E-state index in [0.717, 1.165) is 37.8 Å². The summed E-state index contributed by atoms with van der Waals surface area (Å²) >= 11 is 0. The van der Waals surface area contributed by atoms with E-state index in [1.807, 2.05) is 6.07 Å². The van der Waals surface area contributed by atoms with E-state index in [4.69, 9.17) is 4.74 Å². The van der Waals surface area contributed by atoms with Crippen molar-refractivity contribution in [2.24, 2.45) is 0 Å². The second kappa shape index (κ2) is 16.2. The molecule has 0 saturated heterocycles. The van der Waals surface area contributed by atoms with Gasteiger partial charge < -0.3 is 15.0 Å². The Hall–Kier alpha value is -5.03. The van der Waals surface area contributed by atoms with Crippen LogP contribution in [0.5, 0.6) is 5.75 Å². The van der Waals surface area contributed by atoms with Crippen molar-refractivity contribution in [3.05, 3.63) is 138 Å². The zero-order valence-corrected chi connectivity index (χ0v) is 27.1. The summed E-state index contributed by atoms with van der Waals surface area (Å²) in [5.74, 6) is -1.54. The van der Waals surface area contributed by atoms with Crippen molar-refractivity contribution in [2.45, 2.75) is 49.6 Å². The van der Waals surface area contributed by atoms with Gasteiger partial charge in [-0.15, -0.1) is 0 Å². The summed E-state index contributed by atoms with van der Waals surface area (Å²) < 4.78 is 60.8. The highest BCUT2D eigenvalue weighted by Gasteiger charge is 2.32. The lowest BCUT2D eigenvalue weighted by atomic mass is 9.97. The maximum Gasteiger partial charge on any atom is 0.261 e. The van der Waals surface area contributed by atoms with Crippen LogP contribution in [0.25, 0.3) is 0 Å². The Bertz CT molecular complexity index is 1820. The fraction of sp³-hybridized carbons (Fsp3) is 0.243. The molecule has 1 aliphatic rings. The number of nitrogens with zero attached hydrogens (tertiary/aromatic N) is 1. The van der Waals surface area contributed by atoms with Crippen molar-refractivity contribution in [2.75, 3.05) is 17.9 Å². The number of amides is 2. The number of carbonyl (C=O) groups is 2. The van der Waals surface area contributed by atoms with E-state index >= 15 is 0 Å². The van der Waals surface area contributed by atoms with Gasteiger partial charge in [0.25, 0.3) is 15.9 Å². The molecule has 11 heteroatoms. The Morgan fingerprint density at radius 1 is 0.833 bits per heavy atom. The predicted molar refractivity (Wildman–Crippen MR) is 179 cm³/mol. The topological polar surface area (TPSA) is 105 Å². The smallest absolute Gasteiger partial charge is 0.261 e. The first-order valence-corrected chi connectivity index (χ1v) is 17.2. The summed E-state index contributed by atoms with van der Waals surface area (Å²) in [6.45, 7) is -0.0220. The molecule has 0 saturated carbocycles. The number of ether oxygens (including phenoxy) is 1. The zero-order chi connectivity index (χ0) is 33.9. The van der Waals surface area contributed by atoms with Crippen LogP contribution in [0, 0.1) is 11.6 Å². The highest BCUT2D eigenvalue weighted by Crippen LogP contribution is 2.26. The first kappa shape index (κ1) is 34.3. The number of allylic oxidation sites excluding steroid dienone is 1. The third kappa shape index (κ3) is 9.51. The Kier molecular flexibility index (Phi) is 11.6. The number of sulfonamides is 1. The molecule has 4 aromatic rings. The van der Waals surface area contributed by atoms with E-state index in [-0.39, 0.29) is 28.8 Å². The maximum absolute atomic E-state index is 13.9. The quantitative estimate of drug-likeness (QED) is 0.142. The van der Waals surface area contributed by atoms with Crippen LogP contribution in [0.2, 0.25) is 0 Å². The molecule has 1 atom stereocenters. The molecule has 0 heterocycles. The van der Waals surface area contributed by atoms with Gasteiger partial charge in [0, 0.05) is 18.8 Å². The van der Waals surface area contributed by atoms with Crippen molar-refractivity contribution in [1.29, 1.82) is 0 Å². The second-order valence-corrected chi connectivity index (χ2v) is 13.2. The van der Waals surface area contributed by atoms with Crippen LogP contribution in [0.3, 0.4) is 0 Å². The number of hydrogen-bond acceptors (Lipinski definition) is 5. The van der Waals surface area contributed by atoms with Gasteiger partial charge in [0.05, 0.1) is 4.90 Å². The van der Waals surface area contributed by atoms with Crippen LogP contribution < -0.4 is 14.8 Å². The normalized spacial score (nSPS) is 13.6. The van der Waals surface area contributed by atoms with E-state index in [2.05, 4.69) is 16.1 Å². The molecule has 1 unspecified atom stereocenters. The zero-order valence-electron chi connectivity index (χ0n) is 26.3. The van der Waals surface area contributed by atoms with Gasteiger partial charge in [-0.2, -0.15) is 0 Å². The molecule has 5 rings (SSSR count). The fourth-order valence-electron chi connectivity index (χ4n) is 5.47. The summed E-state index contributed by atoms with van der Waals surface area (Å²) in [4.78, 5) is 29.1. The molecule has 0 aliphatic heterocycles. The van der Waals surface area contributed by atoms with Gasteiger partial charge in [-0.1, -0.05) is 54.1 Å². The van der Waals surface area contributed by atoms with Gasteiger partial charge in [0.1, 0.15) is 23.4 Å². The molecular formula is C37H37F2N3O5S. The molecule has 0 radical (unpaired) electrons. The molecule has 0 fully saturated rings. The van der Waals surface area contributed by atoms with Gasteiger partial charge in [-0.05, 0) is 104 Å². The van der Waals surface area contributed by atoms with E-state index in [1.54, 1.807) is 36.4 Å². The molecule has 1 aliphatic carbocycles. The van der Waals surface area contributed by atoms with Crippen molar-refractivity contribution >= 4 is 27.5 Å². The maximum atomic E-state index is 13.9. The number of nitrogens with one attached hydrogen (secondary N) is 2. The minimum atomic E-state index is -3.97. The minimum Gasteiger partial charge on any atom is -0.484 e. The molecule has 8 nitrogen and oxygen atoms in total. The van der Waals surface area contributed by atoms with Crippen molar-refractivity contribution in [1.82, 2.24) is 10.2 Å². The summed E-state index contributed by atoms with van der Waals surface area (Å²) in [6.07, 6.45) is 7.33. The largest absolute Gasteiger partial charge is 0.484 e. The van der Waals surface area contributed by atoms with Gasteiger partial charge in [0.15, 0.2) is 6.61 Å². The Labute approximate surface area is 279 Å². The number of benzene rings is 4. The van der Waals surface area contributed by atoms with Crippen molar-refractivity contribution in [3.63, 3.8) is 0 Å². The van der Waals surface area contributed by atoms with Crippen LogP contribution >= 0.6 is 0 Å². The minimum absolute atomic E-state index is 0.00679. The summed E-state index contributed by atoms with van der Waals surface area (Å²) in [7, 11) is -3.97. The molecule has 250 valence electrons. The third-order valence-electron chi connectivity index (χ3n) is 7.99.